The highest BCUT2D eigenvalue weighted by Gasteiger charge is 2.29. The Morgan fingerprint density at radius 2 is 2.04 bits per heavy atom. The van der Waals surface area contributed by atoms with Crippen molar-refractivity contribution in [3.8, 4) is 5.75 Å². The Kier molecular flexibility index (Phi) is 4.70. The second-order valence-electron chi connectivity index (χ2n) is 6.18. The average Bonchev–Trinajstić information content (AvgIpc) is 3.31. The molecule has 1 aliphatic heterocycles. The maximum Gasteiger partial charge on any atom is 0.252 e. The van der Waals surface area contributed by atoms with E-state index in [1.54, 1.807) is 28.9 Å². The number of rotatable bonds is 5. The summed E-state index contributed by atoms with van der Waals surface area (Å²) in [4.78, 5) is 10.1. The molecule has 1 fully saturated rings. The van der Waals surface area contributed by atoms with Crippen LogP contribution in [0.3, 0.4) is 0 Å². The van der Waals surface area contributed by atoms with E-state index >= 15 is 0 Å². The van der Waals surface area contributed by atoms with Crippen molar-refractivity contribution >= 4 is 32.4 Å². The number of nitrogens with zero attached hydrogens (tertiary/aromatic N) is 3. The molecule has 9 heteroatoms. The average molecular weight is 393 g/mol. The minimum Gasteiger partial charge on any atom is -0.497 e. The maximum absolute atomic E-state index is 12.6. The number of fused-ring (bicyclic) bond motifs is 1. The lowest BCUT2D eigenvalue weighted by Crippen LogP contribution is -2.48. The van der Waals surface area contributed by atoms with E-state index in [0.29, 0.717) is 36.9 Å². The minimum absolute atomic E-state index is 0.414. The number of piperazine rings is 1. The van der Waals surface area contributed by atoms with Gasteiger partial charge < -0.3 is 9.72 Å². The second kappa shape index (κ2) is 6.99. The van der Waals surface area contributed by atoms with Gasteiger partial charge in [-0.1, -0.05) is 6.07 Å². The van der Waals surface area contributed by atoms with Crippen molar-refractivity contribution < 1.29 is 13.2 Å². The lowest BCUT2D eigenvalue weighted by molar-refractivity contribution is 0.179. The molecule has 0 spiro atoms. The molecule has 1 N–H and O–H groups in total. The first kappa shape index (κ1) is 17.5. The first-order valence-electron chi connectivity index (χ1n) is 8.35. The highest BCUT2D eigenvalue weighted by molar-refractivity contribution is 7.91. The van der Waals surface area contributed by atoms with Crippen molar-refractivity contribution in [3.05, 3.63) is 41.5 Å². The number of methoxy groups -OCH3 is 1. The molecule has 0 amide bonds. The fourth-order valence-corrected chi connectivity index (χ4v) is 5.69. The quantitative estimate of drug-likeness (QED) is 0.720. The number of hydrogen-bond acceptors (Lipinski definition) is 6. The Bertz CT molecular complexity index is 990. The molecular weight excluding hydrogens is 372 g/mol. The SMILES string of the molecule is COc1ccc2nc(CN3CCN(S(=O)(=O)c4cccs4)CC3)[nH]c2c1. The van der Waals surface area contributed by atoms with Crippen LogP contribution >= 0.6 is 11.3 Å². The Morgan fingerprint density at radius 3 is 2.73 bits per heavy atom. The summed E-state index contributed by atoms with van der Waals surface area (Å²) in [6.45, 7) is 3.03. The maximum atomic E-state index is 12.6. The molecule has 0 unspecified atom stereocenters. The number of hydrogen-bond donors (Lipinski definition) is 1. The Labute approximate surface area is 156 Å². The van der Waals surface area contributed by atoms with Gasteiger partial charge in [0.15, 0.2) is 0 Å². The van der Waals surface area contributed by atoms with Gasteiger partial charge in [-0.05, 0) is 23.6 Å². The van der Waals surface area contributed by atoms with Gasteiger partial charge in [-0.2, -0.15) is 4.31 Å². The molecule has 0 aliphatic carbocycles. The first-order valence-corrected chi connectivity index (χ1v) is 10.7. The van der Waals surface area contributed by atoms with E-state index in [0.717, 1.165) is 22.6 Å². The van der Waals surface area contributed by atoms with Crippen LogP contribution in [0.5, 0.6) is 5.75 Å². The summed E-state index contributed by atoms with van der Waals surface area (Å²) in [5.74, 6) is 1.67. The van der Waals surface area contributed by atoms with Crippen LogP contribution < -0.4 is 4.74 Å². The standard InChI is InChI=1S/C17H20N4O3S2/c1-24-13-4-5-14-15(11-13)19-16(18-14)12-20-6-8-21(9-7-20)26(22,23)17-3-2-10-25-17/h2-5,10-11H,6-9,12H2,1H3,(H,18,19). The summed E-state index contributed by atoms with van der Waals surface area (Å²) < 4.78 is 32.4. The van der Waals surface area contributed by atoms with E-state index in [-0.39, 0.29) is 0 Å². The zero-order valence-electron chi connectivity index (χ0n) is 14.4. The van der Waals surface area contributed by atoms with Crippen molar-refractivity contribution in [1.82, 2.24) is 19.2 Å². The first-order chi connectivity index (χ1) is 12.6. The van der Waals surface area contributed by atoms with Crippen molar-refractivity contribution in [1.29, 1.82) is 0 Å². The molecule has 138 valence electrons. The number of sulfonamides is 1. The third kappa shape index (κ3) is 3.35. The third-order valence-corrected chi connectivity index (χ3v) is 7.80. The highest BCUT2D eigenvalue weighted by Crippen LogP contribution is 2.23. The Hall–Kier alpha value is -1.94. The topological polar surface area (TPSA) is 78.5 Å². The zero-order valence-corrected chi connectivity index (χ0v) is 16.0. The predicted octanol–water partition coefficient (Wildman–Crippen LogP) is 2.14. The third-order valence-electron chi connectivity index (χ3n) is 4.53. The Morgan fingerprint density at radius 1 is 1.23 bits per heavy atom. The van der Waals surface area contributed by atoms with Crippen LogP contribution in [0.4, 0.5) is 0 Å². The van der Waals surface area contributed by atoms with E-state index in [1.165, 1.54) is 11.3 Å². The fraction of sp³-hybridized carbons (Fsp3) is 0.353. The van der Waals surface area contributed by atoms with E-state index < -0.39 is 10.0 Å². The summed E-state index contributed by atoms with van der Waals surface area (Å²) in [7, 11) is -1.71. The van der Waals surface area contributed by atoms with Gasteiger partial charge in [0.2, 0.25) is 0 Å². The molecule has 0 bridgehead atoms. The molecule has 1 aromatic carbocycles. The van der Waals surface area contributed by atoms with Gasteiger partial charge in [-0.15, -0.1) is 11.3 Å². The number of ether oxygens (including phenoxy) is 1. The van der Waals surface area contributed by atoms with Gasteiger partial charge in [0.05, 0.1) is 24.7 Å². The van der Waals surface area contributed by atoms with E-state index in [2.05, 4.69) is 14.9 Å². The van der Waals surface area contributed by atoms with Crippen molar-refractivity contribution in [2.24, 2.45) is 0 Å². The monoisotopic (exact) mass is 392 g/mol. The number of imidazole rings is 1. The molecule has 0 atom stereocenters. The van der Waals surface area contributed by atoms with E-state index in [9.17, 15) is 8.42 Å². The van der Waals surface area contributed by atoms with Crippen LogP contribution in [0.1, 0.15) is 5.82 Å². The van der Waals surface area contributed by atoms with Crippen LogP contribution in [0.25, 0.3) is 11.0 Å². The lowest BCUT2D eigenvalue weighted by Gasteiger charge is -2.33. The number of benzene rings is 1. The van der Waals surface area contributed by atoms with Gasteiger partial charge >= 0.3 is 0 Å². The molecule has 2 aromatic heterocycles. The van der Waals surface area contributed by atoms with Gasteiger partial charge in [0.25, 0.3) is 10.0 Å². The molecular formula is C17H20N4O3S2. The fourth-order valence-electron chi connectivity index (χ4n) is 3.12. The summed E-state index contributed by atoms with van der Waals surface area (Å²) in [6, 6.07) is 9.18. The normalized spacial score (nSPS) is 17.0. The van der Waals surface area contributed by atoms with Crippen LogP contribution in [0.2, 0.25) is 0 Å². The number of aromatic nitrogens is 2. The smallest absolute Gasteiger partial charge is 0.252 e. The van der Waals surface area contributed by atoms with E-state index in [1.807, 2.05) is 18.2 Å². The molecule has 4 rings (SSSR count). The summed E-state index contributed by atoms with van der Waals surface area (Å²) in [6.07, 6.45) is 0. The van der Waals surface area contributed by atoms with Crippen LogP contribution in [0, 0.1) is 0 Å². The molecule has 1 aliphatic rings. The largest absolute Gasteiger partial charge is 0.497 e. The number of aromatic amines is 1. The molecule has 3 aromatic rings. The van der Waals surface area contributed by atoms with Gasteiger partial charge in [-0.3, -0.25) is 4.90 Å². The van der Waals surface area contributed by atoms with Gasteiger partial charge in [0, 0.05) is 32.2 Å². The number of H-pyrrole nitrogens is 1. The number of thiophene rings is 1. The van der Waals surface area contributed by atoms with Crippen molar-refractivity contribution in [2.45, 2.75) is 10.8 Å². The van der Waals surface area contributed by atoms with Gasteiger partial charge in [-0.25, -0.2) is 13.4 Å². The molecule has 3 heterocycles. The minimum atomic E-state index is -3.36. The molecule has 0 radical (unpaired) electrons. The predicted molar refractivity (Wildman–Crippen MR) is 101 cm³/mol. The van der Waals surface area contributed by atoms with Crippen LogP contribution in [0.15, 0.2) is 39.9 Å². The zero-order chi connectivity index (χ0) is 18.1. The Balaban J connectivity index is 1.41. The molecule has 1 saturated heterocycles. The van der Waals surface area contributed by atoms with Crippen LogP contribution in [-0.2, 0) is 16.6 Å². The van der Waals surface area contributed by atoms with E-state index in [4.69, 9.17) is 4.74 Å². The summed E-state index contributed by atoms with van der Waals surface area (Å²) >= 11 is 1.26. The highest BCUT2D eigenvalue weighted by atomic mass is 32.2. The molecule has 0 saturated carbocycles. The van der Waals surface area contributed by atoms with Crippen molar-refractivity contribution in [3.63, 3.8) is 0 Å². The lowest BCUT2D eigenvalue weighted by atomic mass is 10.3. The molecule has 26 heavy (non-hydrogen) atoms. The summed E-state index contributed by atoms with van der Waals surface area (Å²) in [5, 5.41) is 1.79. The van der Waals surface area contributed by atoms with Crippen molar-refractivity contribution in [2.75, 3.05) is 33.3 Å². The summed E-state index contributed by atoms with van der Waals surface area (Å²) in [5.41, 5.74) is 1.85. The van der Waals surface area contributed by atoms with Gasteiger partial charge in [0.1, 0.15) is 15.8 Å². The molecule has 7 nitrogen and oxygen atoms in total. The number of nitrogens with one attached hydrogen (secondary N) is 1. The second-order valence-corrected chi connectivity index (χ2v) is 9.29. The van der Waals surface area contributed by atoms with Crippen LogP contribution in [-0.4, -0.2) is 60.9 Å².